The number of alkyl halides is 3. The Morgan fingerprint density at radius 3 is 2.00 bits per heavy atom. The van der Waals surface area contributed by atoms with Crippen LogP contribution < -0.4 is 4.74 Å². The maximum absolute atomic E-state index is 12.4. The van der Waals surface area contributed by atoms with Crippen molar-refractivity contribution in [3.8, 4) is 5.75 Å². The smallest absolute Gasteiger partial charge is 0.459 e. The van der Waals surface area contributed by atoms with Crippen molar-refractivity contribution in [1.29, 1.82) is 0 Å². The van der Waals surface area contributed by atoms with E-state index in [-0.39, 0.29) is 28.9 Å². The van der Waals surface area contributed by atoms with E-state index in [9.17, 15) is 22.8 Å². The Hall–Kier alpha value is -2.97. The van der Waals surface area contributed by atoms with Crippen molar-refractivity contribution in [2.75, 3.05) is 26.2 Å². The Balaban J connectivity index is 1.57. The van der Waals surface area contributed by atoms with Gasteiger partial charge in [0.1, 0.15) is 5.75 Å². The number of benzene rings is 1. The second kappa shape index (κ2) is 7.11. The molecule has 0 atom stereocenters. The Bertz CT molecular complexity index is 764. The molecule has 1 aromatic carbocycles. The maximum Gasteiger partial charge on any atom is 0.573 e. The molecule has 138 valence electrons. The molecular formula is C17H15F3N2O4. The lowest BCUT2D eigenvalue weighted by atomic mass is 10.1. The molecule has 0 saturated carbocycles. The summed E-state index contributed by atoms with van der Waals surface area (Å²) in [7, 11) is 0. The van der Waals surface area contributed by atoms with Crippen molar-refractivity contribution in [1.82, 2.24) is 9.80 Å². The summed E-state index contributed by atoms with van der Waals surface area (Å²) in [6.07, 6.45) is -3.36. The zero-order valence-corrected chi connectivity index (χ0v) is 13.5. The van der Waals surface area contributed by atoms with Crippen LogP contribution in [0.1, 0.15) is 20.9 Å². The van der Waals surface area contributed by atoms with Gasteiger partial charge in [-0.2, -0.15) is 0 Å². The maximum atomic E-state index is 12.4. The summed E-state index contributed by atoms with van der Waals surface area (Å²) in [6.45, 7) is 1.35. The van der Waals surface area contributed by atoms with Crippen LogP contribution in [-0.4, -0.2) is 54.2 Å². The van der Waals surface area contributed by atoms with Gasteiger partial charge in [-0.1, -0.05) is 0 Å². The second-order valence-electron chi connectivity index (χ2n) is 5.63. The third-order valence-electron chi connectivity index (χ3n) is 3.92. The molecular weight excluding hydrogens is 353 g/mol. The molecule has 3 rings (SSSR count). The summed E-state index contributed by atoms with van der Waals surface area (Å²) >= 11 is 0. The number of hydrogen-bond acceptors (Lipinski definition) is 4. The topological polar surface area (TPSA) is 63.0 Å². The number of furan rings is 1. The third kappa shape index (κ3) is 4.16. The van der Waals surface area contributed by atoms with Gasteiger partial charge >= 0.3 is 6.36 Å². The van der Waals surface area contributed by atoms with Gasteiger partial charge in [0.25, 0.3) is 11.8 Å². The number of halogens is 3. The fourth-order valence-electron chi connectivity index (χ4n) is 2.65. The van der Waals surface area contributed by atoms with E-state index in [1.807, 2.05) is 0 Å². The highest BCUT2D eigenvalue weighted by molar-refractivity contribution is 5.95. The molecule has 1 aromatic heterocycles. The molecule has 1 saturated heterocycles. The van der Waals surface area contributed by atoms with E-state index in [1.165, 1.54) is 18.4 Å². The fraction of sp³-hybridized carbons (Fsp3) is 0.294. The van der Waals surface area contributed by atoms with Gasteiger partial charge in [-0.05, 0) is 36.4 Å². The van der Waals surface area contributed by atoms with E-state index in [4.69, 9.17) is 4.42 Å². The second-order valence-corrected chi connectivity index (χ2v) is 5.63. The van der Waals surface area contributed by atoms with E-state index in [0.29, 0.717) is 26.2 Å². The first kappa shape index (κ1) is 17.8. The zero-order valence-electron chi connectivity index (χ0n) is 13.5. The first-order valence-electron chi connectivity index (χ1n) is 7.81. The number of hydrogen-bond donors (Lipinski definition) is 0. The predicted octanol–water partition coefficient (Wildman–Crippen LogP) is 2.78. The molecule has 9 heteroatoms. The van der Waals surface area contributed by atoms with Crippen molar-refractivity contribution in [3.63, 3.8) is 0 Å². The van der Waals surface area contributed by atoms with Crippen molar-refractivity contribution in [2.24, 2.45) is 0 Å². The lowest BCUT2D eigenvalue weighted by Crippen LogP contribution is -2.50. The molecule has 2 amide bonds. The van der Waals surface area contributed by atoms with Gasteiger partial charge in [-0.25, -0.2) is 0 Å². The van der Waals surface area contributed by atoms with Crippen LogP contribution in [0.4, 0.5) is 13.2 Å². The molecule has 1 aliphatic heterocycles. The van der Waals surface area contributed by atoms with Gasteiger partial charge in [0.15, 0.2) is 5.76 Å². The zero-order chi connectivity index (χ0) is 18.7. The lowest BCUT2D eigenvalue weighted by molar-refractivity contribution is -0.274. The molecule has 0 bridgehead atoms. The average Bonchev–Trinajstić information content (AvgIpc) is 3.14. The Kier molecular flexibility index (Phi) is 4.88. The highest BCUT2D eigenvalue weighted by Crippen LogP contribution is 2.23. The number of ether oxygens (including phenoxy) is 1. The van der Waals surface area contributed by atoms with E-state index >= 15 is 0 Å². The first-order valence-corrected chi connectivity index (χ1v) is 7.81. The third-order valence-corrected chi connectivity index (χ3v) is 3.92. The quantitative estimate of drug-likeness (QED) is 0.836. The molecule has 0 radical (unpaired) electrons. The van der Waals surface area contributed by atoms with E-state index < -0.39 is 6.36 Å². The van der Waals surface area contributed by atoms with Crippen LogP contribution in [0, 0.1) is 0 Å². The minimum atomic E-state index is -4.78. The molecule has 0 unspecified atom stereocenters. The molecule has 0 spiro atoms. The fourth-order valence-corrected chi connectivity index (χ4v) is 2.65. The first-order chi connectivity index (χ1) is 12.3. The Morgan fingerprint density at radius 1 is 0.923 bits per heavy atom. The number of amides is 2. The standard InChI is InChI=1S/C17H15F3N2O4/c18-17(19,20)26-13-5-3-12(4-6-13)15(23)21-7-9-22(10-8-21)16(24)14-2-1-11-25-14/h1-6,11H,7-10H2. The minimum absolute atomic E-state index is 0.240. The van der Waals surface area contributed by atoms with Crippen LogP contribution in [0.3, 0.4) is 0 Å². The van der Waals surface area contributed by atoms with Crippen LogP contribution in [0.2, 0.25) is 0 Å². The number of carbonyl (C=O) groups is 2. The number of rotatable bonds is 3. The largest absolute Gasteiger partial charge is 0.573 e. The Labute approximate surface area is 146 Å². The number of nitrogens with zero attached hydrogens (tertiary/aromatic N) is 2. The SMILES string of the molecule is O=C(c1ccc(OC(F)(F)F)cc1)N1CCN(C(=O)c2ccco2)CC1. The summed E-state index contributed by atoms with van der Waals surface area (Å²) in [5.74, 6) is -0.697. The van der Waals surface area contributed by atoms with Gasteiger partial charge in [0, 0.05) is 31.7 Å². The normalized spacial score (nSPS) is 15.0. The summed E-state index contributed by atoms with van der Waals surface area (Å²) in [5.41, 5.74) is 0.255. The number of carbonyl (C=O) groups excluding carboxylic acids is 2. The van der Waals surface area contributed by atoms with Crippen LogP contribution >= 0.6 is 0 Å². The molecule has 0 aliphatic carbocycles. The van der Waals surface area contributed by atoms with Crippen molar-refractivity contribution in [3.05, 3.63) is 54.0 Å². The molecule has 0 N–H and O–H groups in total. The van der Waals surface area contributed by atoms with Crippen molar-refractivity contribution >= 4 is 11.8 Å². The van der Waals surface area contributed by atoms with Crippen molar-refractivity contribution < 1.29 is 31.9 Å². The van der Waals surface area contributed by atoms with Gasteiger partial charge in [-0.3, -0.25) is 9.59 Å². The van der Waals surface area contributed by atoms with Crippen LogP contribution in [0.5, 0.6) is 5.75 Å². The summed E-state index contributed by atoms with van der Waals surface area (Å²) < 4.78 is 45.3. The highest BCUT2D eigenvalue weighted by Gasteiger charge is 2.31. The van der Waals surface area contributed by atoms with Crippen LogP contribution in [0.15, 0.2) is 47.1 Å². The molecule has 26 heavy (non-hydrogen) atoms. The van der Waals surface area contributed by atoms with Crippen LogP contribution in [0.25, 0.3) is 0 Å². The van der Waals surface area contributed by atoms with E-state index in [1.54, 1.807) is 21.9 Å². The molecule has 2 heterocycles. The minimum Gasteiger partial charge on any atom is -0.459 e. The molecule has 1 fully saturated rings. The van der Waals surface area contributed by atoms with Gasteiger partial charge in [-0.15, -0.1) is 13.2 Å². The van der Waals surface area contributed by atoms with Gasteiger partial charge in [0.05, 0.1) is 6.26 Å². The molecule has 6 nitrogen and oxygen atoms in total. The monoisotopic (exact) mass is 368 g/mol. The summed E-state index contributed by atoms with van der Waals surface area (Å²) in [4.78, 5) is 27.8. The summed E-state index contributed by atoms with van der Waals surface area (Å²) in [6, 6.07) is 7.95. The molecule has 1 aliphatic rings. The highest BCUT2D eigenvalue weighted by atomic mass is 19.4. The van der Waals surface area contributed by atoms with Crippen LogP contribution in [-0.2, 0) is 0 Å². The van der Waals surface area contributed by atoms with Gasteiger partial charge in [0.2, 0.25) is 0 Å². The van der Waals surface area contributed by atoms with Gasteiger partial charge < -0.3 is 19.0 Å². The lowest BCUT2D eigenvalue weighted by Gasteiger charge is -2.34. The number of piperazine rings is 1. The van der Waals surface area contributed by atoms with Crippen molar-refractivity contribution in [2.45, 2.75) is 6.36 Å². The van der Waals surface area contributed by atoms with E-state index in [2.05, 4.69) is 4.74 Å². The summed E-state index contributed by atoms with van der Waals surface area (Å²) in [5, 5.41) is 0. The molecule has 2 aromatic rings. The average molecular weight is 368 g/mol. The Morgan fingerprint density at radius 2 is 1.50 bits per heavy atom. The van der Waals surface area contributed by atoms with E-state index in [0.717, 1.165) is 12.1 Å². The predicted molar refractivity (Wildman–Crippen MR) is 83.6 cm³/mol.